The number of nitrogen functional groups attached to an aromatic ring is 1. The summed E-state index contributed by atoms with van der Waals surface area (Å²) in [6, 6.07) is 13.3. The fourth-order valence-electron chi connectivity index (χ4n) is 2.72. The average molecular weight is 322 g/mol. The van der Waals surface area contributed by atoms with Crippen molar-refractivity contribution in [2.45, 2.75) is 13.8 Å². The number of hydrogen-bond acceptors (Lipinski definition) is 4. The second-order valence-electron chi connectivity index (χ2n) is 5.53. The monoisotopic (exact) mass is 322 g/mol. The third-order valence-corrected chi connectivity index (χ3v) is 3.97. The molecule has 0 radical (unpaired) electrons. The van der Waals surface area contributed by atoms with Crippen LogP contribution < -0.4 is 11.2 Å². The van der Waals surface area contributed by atoms with E-state index in [1.165, 1.54) is 0 Å². The van der Waals surface area contributed by atoms with E-state index in [0.717, 1.165) is 11.1 Å². The molecular formula is C19H18N2O3. The van der Waals surface area contributed by atoms with Gasteiger partial charge < -0.3 is 15.5 Å². The minimum Gasteiger partial charge on any atom is -0.461 e. The summed E-state index contributed by atoms with van der Waals surface area (Å²) in [6.45, 7) is 3.56. The smallest absolute Gasteiger partial charge is 0.355 e. The van der Waals surface area contributed by atoms with Gasteiger partial charge in [0.15, 0.2) is 5.43 Å². The number of aromatic amines is 1. The van der Waals surface area contributed by atoms with Crippen LogP contribution in [0.15, 0.2) is 47.3 Å². The lowest BCUT2D eigenvalue weighted by Crippen LogP contribution is -2.18. The van der Waals surface area contributed by atoms with Crippen LogP contribution in [0.25, 0.3) is 22.0 Å². The van der Waals surface area contributed by atoms with Crippen molar-refractivity contribution in [1.29, 1.82) is 0 Å². The molecule has 3 aromatic rings. The highest BCUT2D eigenvalue weighted by Gasteiger charge is 2.17. The first-order valence-corrected chi connectivity index (χ1v) is 7.71. The number of fused-ring (bicyclic) bond motifs is 1. The summed E-state index contributed by atoms with van der Waals surface area (Å²) in [5, 5.41) is 0.458. The molecule has 0 aliphatic rings. The zero-order valence-corrected chi connectivity index (χ0v) is 13.6. The summed E-state index contributed by atoms with van der Waals surface area (Å²) in [5.41, 5.74) is 9.07. The molecule has 2 aromatic carbocycles. The molecule has 0 fully saturated rings. The van der Waals surface area contributed by atoms with Crippen molar-refractivity contribution in [2.75, 3.05) is 12.3 Å². The number of pyridine rings is 1. The average Bonchev–Trinajstić information content (AvgIpc) is 2.59. The van der Waals surface area contributed by atoms with Crippen LogP contribution in [-0.4, -0.2) is 17.6 Å². The Morgan fingerprint density at radius 1 is 1.17 bits per heavy atom. The molecule has 0 amide bonds. The van der Waals surface area contributed by atoms with Crippen LogP contribution in [0.1, 0.15) is 23.0 Å². The number of anilines is 1. The largest absolute Gasteiger partial charge is 0.461 e. The second-order valence-corrected chi connectivity index (χ2v) is 5.53. The predicted molar refractivity (Wildman–Crippen MR) is 95.1 cm³/mol. The highest BCUT2D eigenvalue weighted by Crippen LogP contribution is 2.27. The van der Waals surface area contributed by atoms with Crippen molar-refractivity contribution in [3.05, 3.63) is 63.9 Å². The molecule has 122 valence electrons. The predicted octanol–water partition coefficient (Wildman–Crippen LogP) is 3.26. The van der Waals surface area contributed by atoms with E-state index in [4.69, 9.17) is 10.5 Å². The molecule has 3 rings (SSSR count). The Hall–Kier alpha value is -3.08. The van der Waals surface area contributed by atoms with Gasteiger partial charge in [-0.25, -0.2) is 4.79 Å². The molecule has 0 saturated carbocycles. The van der Waals surface area contributed by atoms with E-state index in [1.54, 1.807) is 26.0 Å². The highest BCUT2D eigenvalue weighted by atomic mass is 16.5. The Kier molecular flexibility index (Phi) is 4.08. The maximum absolute atomic E-state index is 12.7. The molecule has 1 heterocycles. The number of esters is 1. The van der Waals surface area contributed by atoms with Crippen molar-refractivity contribution in [1.82, 2.24) is 4.98 Å². The number of ether oxygens (including phenoxy) is 1. The number of nitrogens with one attached hydrogen (secondary N) is 1. The van der Waals surface area contributed by atoms with Crippen molar-refractivity contribution >= 4 is 22.6 Å². The Bertz CT molecular complexity index is 975. The Labute approximate surface area is 139 Å². The maximum Gasteiger partial charge on any atom is 0.355 e. The number of hydrogen-bond donors (Lipinski definition) is 2. The first kappa shape index (κ1) is 15.8. The molecular weight excluding hydrogens is 304 g/mol. The number of nitrogens with two attached hydrogens (primary N) is 1. The first-order valence-electron chi connectivity index (χ1n) is 7.71. The maximum atomic E-state index is 12.7. The normalized spacial score (nSPS) is 10.8. The van der Waals surface area contributed by atoms with Gasteiger partial charge in [0.25, 0.3) is 0 Å². The van der Waals surface area contributed by atoms with Crippen molar-refractivity contribution in [3.63, 3.8) is 0 Å². The van der Waals surface area contributed by atoms with E-state index in [9.17, 15) is 9.59 Å². The highest BCUT2D eigenvalue weighted by molar-refractivity contribution is 5.98. The summed E-state index contributed by atoms with van der Waals surface area (Å²) in [7, 11) is 0. The van der Waals surface area contributed by atoms with Crippen molar-refractivity contribution < 1.29 is 9.53 Å². The van der Waals surface area contributed by atoms with Gasteiger partial charge in [-0.2, -0.15) is 0 Å². The second kappa shape index (κ2) is 6.20. The molecule has 24 heavy (non-hydrogen) atoms. The number of aromatic nitrogens is 1. The zero-order valence-electron chi connectivity index (χ0n) is 13.6. The topological polar surface area (TPSA) is 85.2 Å². The molecule has 0 atom stereocenters. The molecule has 0 bridgehead atoms. The Morgan fingerprint density at radius 3 is 2.54 bits per heavy atom. The lowest BCUT2D eigenvalue weighted by molar-refractivity contribution is 0.0519. The summed E-state index contributed by atoms with van der Waals surface area (Å²) in [6.07, 6.45) is 0. The number of H-pyrrole nitrogens is 1. The summed E-state index contributed by atoms with van der Waals surface area (Å²) in [5.74, 6) is -0.555. The minimum absolute atomic E-state index is 0.147. The first-order chi connectivity index (χ1) is 11.5. The van der Waals surface area contributed by atoms with Gasteiger partial charge in [0.2, 0.25) is 0 Å². The molecule has 3 N–H and O–H groups in total. The van der Waals surface area contributed by atoms with Crippen LogP contribution in [0.5, 0.6) is 0 Å². The van der Waals surface area contributed by atoms with Gasteiger partial charge in [-0.1, -0.05) is 30.3 Å². The molecule has 0 aliphatic carbocycles. The number of rotatable bonds is 3. The third-order valence-electron chi connectivity index (χ3n) is 3.97. The molecule has 5 nitrogen and oxygen atoms in total. The van der Waals surface area contributed by atoms with Crippen molar-refractivity contribution in [3.8, 4) is 11.1 Å². The number of carbonyl (C=O) groups excluding carboxylic acids is 1. The fourth-order valence-corrected chi connectivity index (χ4v) is 2.72. The van der Waals surface area contributed by atoms with Crippen molar-refractivity contribution in [2.24, 2.45) is 0 Å². The van der Waals surface area contributed by atoms with Gasteiger partial charge in [-0.05, 0) is 37.1 Å². The van der Waals surface area contributed by atoms with Gasteiger partial charge in [0, 0.05) is 10.9 Å². The van der Waals surface area contributed by atoms with Crippen LogP contribution in [0.2, 0.25) is 0 Å². The van der Waals surface area contributed by atoms with E-state index in [1.807, 2.05) is 30.3 Å². The van der Waals surface area contributed by atoms with E-state index in [-0.39, 0.29) is 17.7 Å². The van der Waals surface area contributed by atoms with Gasteiger partial charge >= 0.3 is 5.97 Å². The van der Waals surface area contributed by atoms with E-state index in [0.29, 0.717) is 22.2 Å². The van der Waals surface area contributed by atoms with Crippen LogP contribution in [-0.2, 0) is 4.74 Å². The minimum atomic E-state index is -0.555. The molecule has 5 heteroatoms. The SMILES string of the molecule is CCOC(=O)c1[nH]c2c(N)cc(-c3ccccc3)cc2c(=O)c1C. The number of carbonyl (C=O) groups is 1. The van der Waals surface area contributed by atoms with E-state index >= 15 is 0 Å². The molecule has 0 unspecified atom stereocenters. The summed E-state index contributed by atoms with van der Waals surface area (Å²) >= 11 is 0. The lowest BCUT2D eigenvalue weighted by atomic mass is 10.0. The van der Waals surface area contributed by atoms with Gasteiger partial charge in [-0.3, -0.25) is 4.79 Å². The Balaban J connectivity index is 2.26. The molecule has 0 aliphatic heterocycles. The number of benzene rings is 2. The third kappa shape index (κ3) is 2.65. The van der Waals surface area contributed by atoms with E-state index in [2.05, 4.69) is 4.98 Å². The van der Waals surface area contributed by atoms with Crippen LogP contribution >= 0.6 is 0 Å². The van der Waals surface area contributed by atoms with Gasteiger partial charge in [0.1, 0.15) is 5.69 Å². The standard InChI is InChI=1S/C19H18N2O3/c1-3-24-19(23)16-11(2)18(22)14-9-13(10-15(20)17(14)21-16)12-7-5-4-6-8-12/h4-10H,3,20H2,1-2H3,(H,21,22). The summed E-state index contributed by atoms with van der Waals surface area (Å²) < 4.78 is 5.00. The summed E-state index contributed by atoms with van der Waals surface area (Å²) in [4.78, 5) is 27.7. The lowest BCUT2D eigenvalue weighted by Gasteiger charge is -2.11. The van der Waals surface area contributed by atoms with Gasteiger partial charge in [-0.15, -0.1) is 0 Å². The molecule has 0 spiro atoms. The zero-order chi connectivity index (χ0) is 17.3. The quantitative estimate of drug-likeness (QED) is 0.572. The molecule has 0 saturated heterocycles. The van der Waals surface area contributed by atoms with Crippen LogP contribution in [0.4, 0.5) is 5.69 Å². The Morgan fingerprint density at radius 2 is 1.88 bits per heavy atom. The van der Waals surface area contributed by atoms with Crippen LogP contribution in [0.3, 0.4) is 0 Å². The van der Waals surface area contributed by atoms with Crippen LogP contribution in [0, 0.1) is 6.92 Å². The fraction of sp³-hybridized carbons (Fsp3) is 0.158. The van der Waals surface area contributed by atoms with E-state index < -0.39 is 5.97 Å². The van der Waals surface area contributed by atoms with Gasteiger partial charge in [0.05, 0.1) is 17.8 Å². The molecule has 1 aromatic heterocycles.